The molecule has 0 saturated carbocycles. The normalized spacial score (nSPS) is 11.8. The maximum atomic E-state index is 11.4. The van der Waals surface area contributed by atoms with Crippen LogP contribution in [0.2, 0.25) is 0 Å². The van der Waals surface area contributed by atoms with Crippen LogP contribution in [0.5, 0.6) is 0 Å². The molecule has 0 aromatic carbocycles. The second kappa shape index (κ2) is 7.01. The number of nitrogens with one attached hydrogen (secondary N) is 2. The highest BCUT2D eigenvalue weighted by molar-refractivity contribution is 9.10. The zero-order valence-corrected chi connectivity index (χ0v) is 13.2. The van der Waals surface area contributed by atoms with Gasteiger partial charge in [0.2, 0.25) is 10.0 Å². The van der Waals surface area contributed by atoms with Crippen LogP contribution in [-0.2, 0) is 10.0 Å². The molecule has 19 heavy (non-hydrogen) atoms. The predicted molar refractivity (Wildman–Crippen MR) is 77.8 cm³/mol. The van der Waals surface area contributed by atoms with Crippen molar-refractivity contribution in [2.75, 3.05) is 31.2 Å². The summed E-state index contributed by atoms with van der Waals surface area (Å²) in [7, 11) is -3.15. The fourth-order valence-electron chi connectivity index (χ4n) is 1.54. The summed E-state index contributed by atoms with van der Waals surface area (Å²) >= 11 is 3.15. The molecule has 0 amide bonds. The van der Waals surface area contributed by atoms with Gasteiger partial charge in [0.1, 0.15) is 4.47 Å². The molecule has 0 saturated heterocycles. The number of nitrogens with zero attached hydrogens (tertiary/aromatic N) is 2. The van der Waals surface area contributed by atoms with Crippen molar-refractivity contribution in [2.45, 2.75) is 13.3 Å². The number of H-pyrrole nitrogens is 1. The van der Waals surface area contributed by atoms with Crippen LogP contribution >= 0.6 is 15.9 Å². The molecule has 1 heterocycles. The Morgan fingerprint density at radius 2 is 2.21 bits per heavy atom. The van der Waals surface area contributed by atoms with Crippen LogP contribution < -0.4 is 10.9 Å². The lowest BCUT2D eigenvalue weighted by atomic mass is 10.4. The van der Waals surface area contributed by atoms with Crippen LogP contribution in [-0.4, -0.2) is 48.8 Å². The zero-order valence-electron chi connectivity index (χ0n) is 10.8. The molecule has 0 aliphatic carbocycles. The molecule has 1 aromatic rings. The lowest BCUT2D eigenvalue weighted by Crippen LogP contribution is -2.31. The molecule has 0 aliphatic heterocycles. The number of aromatic amines is 1. The minimum absolute atomic E-state index is 0.309. The Bertz CT molecular complexity index is 572. The standard InChI is InChI=1S/C10H17BrN4O3S/c1-3-15(19(2,17)18)6-4-5-12-8-7-13-14-10(16)9(8)11/h7H,3-6H2,1-2H3,(H2,12,14,16). The number of aromatic nitrogens is 2. The number of hydrogen-bond donors (Lipinski definition) is 2. The van der Waals surface area contributed by atoms with Gasteiger partial charge in [-0.1, -0.05) is 6.92 Å². The SMILES string of the molecule is CCN(CCCNc1cn[nH]c(=O)c1Br)S(C)(=O)=O. The third-order valence-corrected chi connectivity index (χ3v) is 4.68. The van der Waals surface area contributed by atoms with Gasteiger partial charge in [0.05, 0.1) is 18.1 Å². The van der Waals surface area contributed by atoms with Crippen LogP contribution in [0.1, 0.15) is 13.3 Å². The molecular formula is C10H17BrN4O3S. The van der Waals surface area contributed by atoms with E-state index in [2.05, 4.69) is 31.4 Å². The van der Waals surface area contributed by atoms with Gasteiger partial charge in [-0.05, 0) is 22.4 Å². The summed E-state index contributed by atoms with van der Waals surface area (Å²) in [6, 6.07) is 0. The van der Waals surface area contributed by atoms with E-state index in [1.54, 1.807) is 6.92 Å². The lowest BCUT2D eigenvalue weighted by Gasteiger charge is -2.17. The third-order valence-electron chi connectivity index (χ3n) is 2.52. The van der Waals surface area contributed by atoms with Crippen molar-refractivity contribution < 1.29 is 8.42 Å². The molecule has 2 N–H and O–H groups in total. The van der Waals surface area contributed by atoms with E-state index in [9.17, 15) is 13.2 Å². The van der Waals surface area contributed by atoms with E-state index in [1.165, 1.54) is 16.8 Å². The quantitative estimate of drug-likeness (QED) is 0.701. The molecule has 1 rings (SSSR count). The summed E-state index contributed by atoms with van der Waals surface area (Å²) in [5, 5.41) is 9.01. The van der Waals surface area contributed by atoms with Crippen LogP contribution in [0.3, 0.4) is 0 Å². The summed E-state index contributed by atoms with van der Waals surface area (Å²) in [4.78, 5) is 11.3. The largest absolute Gasteiger partial charge is 0.383 e. The Balaban J connectivity index is 2.47. The lowest BCUT2D eigenvalue weighted by molar-refractivity contribution is 0.428. The Morgan fingerprint density at radius 3 is 2.79 bits per heavy atom. The molecule has 0 bridgehead atoms. The second-order valence-electron chi connectivity index (χ2n) is 3.96. The van der Waals surface area contributed by atoms with E-state index in [-0.39, 0.29) is 5.56 Å². The highest BCUT2D eigenvalue weighted by Gasteiger charge is 2.13. The van der Waals surface area contributed by atoms with Crippen molar-refractivity contribution in [3.8, 4) is 0 Å². The molecule has 9 heteroatoms. The summed E-state index contributed by atoms with van der Waals surface area (Å²) in [6.07, 6.45) is 3.33. The second-order valence-corrected chi connectivity index (χ2v) is 6.74. The Kier molecular flexibility index (Phi) is 5.95. The molecule has 0 unspecified atom stereocenters. The first kappa shape index (κ1) is 16.1. The van der Waals surface area contributed by atoms with Crippen molar-refractivity contribution in [1.29, 1.82) is 0 Å². The molecule has 0 fully saturated rings. The Hall–Kier alpha value is -0.930. The van der Waals surface area contributed by atoms with E-state index >= 15 is 0 Å². The topological polar surface area (TPSA) is 95.2 Å². The van der Waals surface area contributed by atoms with Crippen molar-refractivity contribution in [1.82, 2.24) is 14.5 Å². The summed E-state index contributed by atoms with van der Waals surface area (Å²) in [6.45, 7) is 3.24. The molecular weight excluding hydrogens is 336 g/mol. The summed E-state index contributed by atoms with van der Waals surface area (Å²) in [5.41, 5.74) is 0.280. The molecule has 1 aromatic heterocycles. The number of hydrogen-bond acceptors (Lipinski definition) is 5. The van der Waals surface area contributed by atoms with Crippen LogP contribution in [0.25, 0.3) is 0 Å². The number of anilines is 1. The van der Waals surface area contributed by atoms with Gasteiger partial charge in [-0.2, -0.15) is 5.10 Å². The third kappa shape index (κ3) is 4.92. The predicted octanol–water partition coefficient (Wildman–Crippen LogP) is 0.616. The summed E-state index contributed by atoms with van der Waals surface area (Å²) in [5.74, 6) is 0. The van der Waals surface area contributed by atoms with E-state index < -0.39 is 10.0 Å². The minimum atomic E-state index is -3.15. The number of rotatable bonds is 7. The zero-order chi connectivity index (χ0) is 14.5. The van der Waals surface area contributed by atoms with Gasteiger partial charge < -0.3 is 5.32 Å². The Morgan fingerprint density at radius 1 is 1.53 bits per heavy atom. The van der Waals surface area contributed by atoms with Crippen molar-refractivity contribution in [3.63, 3.8) is 0 Å². The minimum Gasteiger partial charge on any atom is -0.383 e. The van der Waals surface area contributed by atoms with Gasteiger partial charge >= 0.3 is 0 Å². The van der Waals surface area contributed by atoms with Crippen LogP contribution in [0.15, 0.2) is 15.5 Å². The molecule has 0 spiro atoms. The monoisotopic (exact) mass is 352 g/mol. The fourth-order valence-corrected chi connectivity index (χ4v) is 2.80. The van der Waals surface area contributed by atoms with E-state index in [1.807, 2.05) is 0 Å². The first-order chi connectivity index (χ1) is 8.86. The maximum absolute atomic E-state index is 11.4. The smallest absolute Gasteiger partial charge is 0.280 e. The van der Waals surface area contributed by atoms with Gasteiger partial charge in [0.15, 0.2) is 0 Å². The molecule has 0 radical (unpaired) electrons. The first-order valence-corrected chi connectivity index (χ1v) is 8.42. The van der Waals surface area contributed by atoms with Crippen LogP contribution in [0, 0.1) is 0 Å². The summed E-state index contributed by atoms with van der Waals surface area (Å²) < 4.78 is 24.5. The highest BCUT2D eigenvalue weighted by Crippen LogP contribution is 2.14. The number of sulfonamides is 1. The van der Waals surface area contributed by atoms with Gasteiger partial charge in [-0.3, -0.25) is 4.79 Å². The van der Waals surface area contributed by atoms with Crippen molar-refractivity contribution in [3.05, 3.63) is 21.0 Å². The van der Waals surface area contributed by atoms with E-state index in [0.717, 1.165) is 0 Å². The van der Waals surface area contributed by atoms with E-state index in [0.29, 0.717) is 36.2 Å². The fraction of sp³-hybridized carbons (Fsp3) is 0.600. The molecule has 7 nitrogen and oxygen atoms in total. The van der Waals surface area contributed by atoms with Crippen molar-refractivity contribution >= 4 is 31.6 Å². The van der Waals surface area contributed by atoms with Gasteiger partial charge in [-0.15, -0.1) is 0 Å². The first-order valence-electron chi connectivity index (χ1n) is 5.78. The van der Waals surface area contributed by atoms with Crippen LogP contribution in [0.4, 0.5) is 5.69 Å². The Labute approximate surface area is 120 Å². The number of halogens is 1. The molecule has 0 atom stereocenters. The van der Waals surface area contributed by atoms with Crippen molar-refractivity contribution in [2.24, 2.45) is 0 Å². The average molecular weight is 353 g/mol. The highest BCUT2D eigenvalue weighted by atomic mass is 79.9. The van der Waals surface area contributed by atoms with Gasteiger partial charge in [0.25, 0.3) is 5.56 Å². The van der Waals surface area contributed by atoms with E-state index in [4.69, 9.17) is 0 Å². The average Bonchev–Trinajstić information content (AvgIpc) is 2.32. The molecule has 0 aliphatic rings. The molecule has 108 valence electrons. The van der Waals surface area contributed by atoms with Gasteiger partial charge in [0, 0.05) is 19.6 Å². The van der Waals surface area contributed by atoms with Gasteiger partial charge in [-0.25, -0.2) is 17.8 Å². The maximum Gasteiger partial charge on any atom is 0.280 e.